The van der Waals surface area contributed by atoms with Gasteiger partial charge >= 0.3 is 6.18 Å². The number of aromatic nitrogens is 2. The second-order valence-electron chi connectivity index (χ2n) is 4.98. The van der Waals surface area contributed by atoms with E-state index < -0.39 is 24.2 Å². The maximum Gasteiger partial charge on any atom is 0.411 e. The Hall–Kier alpha value is -2.36. The van der Waals surface area contributed by atoms with E-state index in [9.17, 15) is 18.0 Å². The molecule has 0 aromatic carbocycles. The Morgan fingerprint density at radius 3 is 2.87 bits per heavy atom. The number of rotatable bonds is 2. The fourth-order valence-electron chi connectivity index (χ4n) is 2.54. The Balaban J connectivity index is 1.95. The molecule has 0 unspecified atom stereocenters. The van der Waals surface area contributed by atoms with E-state index in [2.05, 4.69) is 14.7 Å². The summed E-state index contributed by atoms with van der Waals surface area (Å²) >= 11 is 0. The number of halogens is 3. The number of morpholine rings is 1. The van der Waals surface area contributed by atoms with Crippen LogP contribution in [0.3, 0.4) is 0 Å². The first kappa shape index (κ1) is 15.5. The number of alkyl halides is 3. The van der Waals surface area contributed by atoms with Crippen molar-refractivity contribution in [2.45, 2.75) is 25.2 Å². The predicted molar refractivity (Wildman–Crippen MR) is 68.3 cm³/mol. The highest BCUT2D eigenvalue weighted by molar-refractivity contribution is 5.97. The molecule has 2 aromatic rings. The van der Waals surface area contributed by atoms with Gasteiger partial charge in [-0.15, -0.1) is 0 Å². The molecule has 0 saturated carbocycles. The zero-order valence-electron chi connectivity index (χ0n) is 11.9. The summed E-state index contributed by atoms with van der Waals surface area (Å²) in [6, 6.07) is -0.633. The molecule has 1 aliphatic rings. The van der Waals surface area contributed by atoms with Gasteiger partial charge in [0.2, 0.25) is 0 Å². The Bertz CT molecular complexity index is 683. The zero-order valence-corrected chi connectivity index (χ0v) is 11.9. The number of amides is 1. The Labute approximate surface area is 128 Å². The molecule has 0 spiro atoms. The minimum atomic E-state index is -4.62. The molecule has 124 valence electrons. The molecule has 1 amide bonds. The lowest BCUT2D eigenvalue weighted by atomic mass is 10.1. The standard InChI is InChI=1S/C13H12F3N3O4/c1-7-11(13(14,15)16)19(3-5-21-7)12(20)9-10(22-6-17-9)8-2-4-23-18-8/h2,4,6-7,11H,3,5H2,1H3/t7-,11-/m0/s1. The largest absolute Gasteiger partial charge is 0.441 e. The van der Waals surface area contributed by atoms with Crippen LogP contribution in [0, 0.1) is 0 Å². The van der Waals surface area contributed by atoms with Crippen LogP contribution in [-0.4, -0.2) is 52.4 Å². The van der Waals surface area contributed by atoms with E-state index in [0.717, 1.165) is 6.39 Å². The zero-order chi connectivity index (χ0) is 16.6. The third-order valence-corrected chi connectivity index (χ3v) is 3.53. The van der Waals surface area contributed by atoms with Crippen LogP contribution < -0.4 is 0 Å². The van der Waals surface area contributed by atoms with Crippen molar-refractivity contribution in [2.24, 2.45) is 0 Å². The molecule has 0 bridgehead atoms. The van der Waals surface area contributed by atoms with E-state index in [4.69, 9.17) is 9.15 Å². The van der Waals surface area contributed by atoms with E-state index in [-0.39, 0.29) is 30.3 Å². The normalized spacial score (nSPS) is 22.3. The van der Waals surface area contributed by atoms with Crippen LogP contribution in [0.5, 0.6) is 0 Å². The van der Waals surface area contributed by atoms with Gasteiger partial charge < -0.3 is 18.6 Å². The van der Waals surface area contributed by atoms with Crippen molar-refractivity contribution in [3.05, 3.63) is 24.4 Å². The van der Waals surface area contributed by atoms with E-state index in [0.29, 0.717) is 4.90 Å². The van der Waals surface area contributed by atoms with Crippen LogP contribution in [0.15, 0.2) is 27.7 Å². The molecule has 3 heterocycles. The lowest BCUT2D eigenvalue weighted by Crippen LogP contribution is -2.59. The number of carbonyl (C=O) groups is 1. The van der Waals surface area contributed by atoms with Gasteiger partial charge in [-0.25, -0.2) is 4.98 Å². The summed E-state index contributed by atoms with van der Waals surface area (Å²) in [6.07, 6.45) is -3.56. The van der Waals surface area contributed by atoms with Crippen LogP contribution in [0.1, 0.15) is 17.4 Å². The highest BCUT2D eigenvalue weighted by atomic mass is 19.4. The molecule has 3 rings (SSSR count). The second-order valence-corrected chi connectivity index (χ2v) is 4.98. The van der Waals surface area contributed by atoms with Crippen molar-refractivity contribution in [2.75, 3.05) is 13.2 Å². The van der Waals surface area contributed by atoms with Crippen LogP contribution in [-0.2, 0) is 4.74 Å². The van der Waals surface area contributed by atoms with Crippen molar-refractivity contribution < 1.29 is 31.6 Å². The number of hydrogen-bond acceptors (Lipinski definition) is 6. The van der Waals surface area contributed by atoms with E-state index in [1.54, 1.807) is 0 Å². The molecule has 1 fully saturated rings. The SMILES string of the molecule is C[C@@H]1OCCN(C(=O)c2ncoc2-c2ccon2)[C@@H]1C(F)(F)F. The molecule has 2 aromatic heterocycles. The minimum Gasteiger partial charge on any atom is -0.441 e. The number of oxazole rings is 1. The summed E-state index contributed by atoms with van der Waals surface area (Å²) in [6.45, 7) is 1.09. The number of carbonyl (C=O) groups excluding carboxylic acids is 1. The summed E-state index contributed by atoms with van der Waals surface area (Å²) in [4.78, 5) is 17.0. The highest BCUT2D eigenvalue weighted by Gasteiger charge is 2.51. The van der Waals surface area contributed by atoms with Gasteiger partial charge in [-0.2, -0.15) is 13.2 Å². The average Bonchev–Trinajstić information content (AvgIpc) is 3.15. The predicted octanol–water partition coefficient (Wildman–Crippen LogP) is 2.12. The molecule has 2 atom stereocenters. The van der Waals surface area contributed by atoms with Gasteiger partial charge in [-0.05, 0) is 6.92 Å². The van der Waals surface area contributed by atoms with Gasteiger partial charge in [0, 0.05) is 12.6 Å². The van der Waals surface area contributed by atoms with Gasteiger partial charge in [0.15, 0.2) is 29.6 Å². The third kappa shape index (κ3) is 2.81. The summed E-state index contributed by atoms with van der Waals surface area (Å²) in [5.41, 5.74) is -0.0713. The lowest BCUT2D eigenvalue weighted by molar-refractivity contribution is -0.220. The smallest absolute Gasteiger partial charge is 0.411 e. The molecule has 23 heavy (non-hydrogen) atoms. The van der Waals surface area contributed by atoms with Crippen LogP contribution in [0.4, 0.5) is 13.2 Å². The van der Waals surface area contributed by atoms with Crippen molar-refractivity contribution >= 4 is 5.91 Å². The topological polar surface area (TPSA) is 81.6 Å². The fourth-order valence-corrected chi connectivity index (χ4v) is 2.54. The number of ether oxygens (including phenoxy) is 1. The molecular weight excluding hydrogens is 319 g/mol. The molecule has 1 saturated heterocycles. The van der Waals surface area contributed by atoms with Crippen LogP contribution in [0.2, 0.25) is 0 Å². The first-order valence-electron chi connectivity index (χ1n) is 6.73. The second kappa shape index (κ2) is 5.69. The number of hydrogen-bond donors (Lipinski definition) is 0. The Morgan fingerprint density at radius 2 is 2.22 bits per heavy atom. The molecular formula is C13H12F3N3O4. The van der Waals surface area contributed by atoms with Crippen molar-refractivity contribution in [1.29, 1.82) is 0 Å². The molecule has 0 aliphatic carbocycles. The maximum absolute atomic E-state index is 13.3. The first-order chi connectivity index (χ1) is 10.9. The summed E-state index contributed by atoms with van der Waals surface area (Å²) in [5, 5.41) is 3.60. The summed E-state index contributed by atoms with van der Waals surface area (Å²) < 4.78 is 54.6. The molecule has 10 heteroatoms. The average molecular weight is 331 g/mol. The van der Waals surface area contributed by atoms with Crippen molar-refractivity contribution in [3.8, 4) is 11.5 Å². The van der Waals surface area contributed by atoms with Gasteiger partial charge in [-0.1, -0.05) is 5.16 Å². The lowest BCUT2D eigenvalue weighted by Gasteiger charge is -2.40. The van der Waals surface area contributed by atoms with E-state index in [1.165, 1.54) is 19.3 Å². The third-order valence-electron chi connectivity index (χ3n) is 3.53. The summed E-state index contributed by atoms with van der Waals surface area (Å²) in [7, 11) is 0. The van der Waals surface area contributed by atoms with Gasteiger partial charge in [0.25, 0.3) is 5.91 Å². The maximum atomic E-state index is 13.3. The van der Waals surface area contributed by atoms with E-state index >= 15 is 0 Å². The minimum absolute atomic E-state index is 0.0105. The molecule has 0 radical (unpaired) electrons. The quantitative estimate of drug-likeness (QED) is 0.838. The first-order valence-corrected chi connectivity index (χ1v) is 6.73. The molecule has 7 nitrogen and oxygen atoms in total. The Morgan fingerprint density at radius 1 is 1.43 bits per heavy atom. The van der Waals surface area contributed by atoms with Gasteiger partial charge in [-0.3, -0.25) is 4.79 Å². The van der Waals surface area contributed by atoms with Crippen LogP contribution in [0.25, 0.3) is 11.5 Å². The molecule has 0 N–H and O–H groups in total. The fraction of sp³-hybridized carbons (Fsp3) is 0.462. The van der Waals surface area contributed by atoms with Crippen LogP contribution >= 0.6 is 0 Å². The van der Waals surface area contributed by atoms with Gasteiger partial charge in [0.05, 0.1) is 12.7 Å². The van der Waals surface area contributed by atoms with Crippen molar-refractivity contribution in [1.82, 2.24) is 15.0 Å². The Kier molecular flexibility index (Phi) is 3.84. The van der Waals surface area contributed by atoms with E-state index in [1.807, 2.05) is 0 Å². The monoisotopic (exact) mass is 331 g/mol. The summed E-state index contributed by atoms with van der Waals surface area (Å²) in [5.74, 6) is -0.932. The van der Waals surface area contributed by atoms with Crippen molar-refractivity contribution in [3.63, 3.8) is 0 Å². The molecule has 1 aliphatic heterocycles. The number of nitrogens with zero attached hydrogens (tertiary/aromatic N) is 3. The highest BCUT2D eigenvalue weighted by Crippen LogP contribution is 2.33. The van der Waals surface area contributed by atoms with Gasteiger partial charge in [0.1, 0.15) is 6.26 Å².